The second-order valence-corrected chi connectivity index (χ2v) is 6.84. The molecule has 0 unspecified atom stereocenters. The minimum atomic E-state index is -4.47. The van der Waals surface area contributed by atoms with Crippen molar-refractivity contribution in [3.8, 4) is 0 Å². The molecule has 0 spiro atoms. The topological polar surface area (TPSA) is 58.1 Å². The number of halogens is 3. The summed E-state index contributed by atoms with van der Waals surface area (Å²) in [5, 5.41) is 3.11. The van der Waals surface area contributed by atoms with Crippen LogP contribution < -0.4 is 10.2 Å². The molecule has 0 atom stereocenters. The third-order valence-electron chi connectivity index (χ3n) is 5.03. The van der Waals surface area contributed by atoms with E-state index in [0.29, 0.717) is 25.9 Å². The SMILES string of the molecule is O=C(NC1CCN(c2nccc(C(F)(F)F)n2)CC1)C1CCCCC1. The maximum Gasteiger partial charge on any atom is 0.433 e. The normalized spacial score (nSPS) is 20.5. The van der Waals surface area contributed by atoms with Crippen molar-refractivity contribution in [3.05, 3.63) is 18.0 Å². The Balaban J connectivity index is 1.52. The first-order chi connectivity index (χ1) is 11.9. The van der Waals surface area contributed by atoms with Gasteiger partial charge in [0.1, 0.15) is 5.69 Å². The highest BCUT2D eigenvalue weighted by atomic mass is 19.4. The monoisotopic (exact) mass is 356 g/mol. The molecule has 0 radical (unpaired) electrons. The number of carbonyl (C=O) groups is 1. The number of rotatable bonds is 3. The van der Waals surface area contributed by atoms with Gasteiger partial charge in [0.15, 0.2) is 0 Å². The first-order valence-electron chi connectivity index (χ1n) is 8.89. The summed E-state index contributed by atoms with van der Waals surface area (Å²) in [6, 6.07) is 0.956. The summed E-state index contributed by atoms with van der Waals surface area (Å²) >= 11 is 0. The molecular formula is C17H23F3N4O. The van der Waals surface area contributed by atoms with Crippen LogP contribution in [0.25, 0.3) is 0 Å². The summed E-state index contributed by atoms with van der Waals surface area (Å²) in [4.78, 5) is 21.6. The molecule has 2 aliphatic rings. The van der Waals surface area contributed by atoms with Crippen molar-refractivity contribution in [1.29, 1.82) is 0 Å². The van der Waals surface area contributed by atoms with Gasteiger partial charge >= 0.3 is 6.18 Å². The van der Waals surface area contributed by atoms with E-state index < -0.39 is 11.9 Å². The van der Waals surface area contributed by atoms with Crippen LogP contribution in [0.15, 0.2) is 12.3 Å². The van der Waals surface area contributed by atoms with Crippen LogP contribution in [0.2, 0.25) is 0 Å². The molecular weight excluding hydrogens is 333 g/mol. The summed E-state index contributed by atoms with van der Waals surface area (Å²) < 4.78 is 38.3. The molecule has 1 amide bonds. The van der Waals surface area contributed by atoms with Crippen LogP contribution in [-0.2, 0) is 11.0 Å². The van der Waals surface area contributed by atoms with Crippen LogP contribution in [0.4, 0.5) is 19.1 Å². The highest BCUT2D eigenvalue weighted by molar-refractivity contribution is 5.79. The predicted molar refractivity (Wildman–Crippen MR) is 87.0 cm³/mol. The Bertz CT molecular complexity index is 594. The first kappa shape index (κ1) is 17.9. The van der Waals surface area contributed by atoms with Crippen molar-refractivity contribution in [2.45, 2.75) is 57.2 Å². The van der Waals surface area contributed by atoms with E-state index in [2.05, 4.69) is 15.3 Å². The van der Waals surface area contributed by atoms with E-state index in [1.807, 2.05) is 0 Å². The van der Waals surface area contributed by atoms with Crippen molar-refractivity contribution in [2.24, 2.45) is 5.92 Å². The Morgan fingerprint density at radius 1 is 1.12 bits per heavy atom. The molecule has 1 saturated carbocycles. The quantitative estimate of drug-likeness (QED) is 0.904. The molecule has 1 aliphatic carbocycles. The third-order valence-corrected chi connectivity index (χ3v) is 5.03. The smallest absolute Gasteiger partial charge is 0.353 e. The Morgan fingerprint density at radius 2 is 1.80 bits per heavy atom. The minimum Gasteiger partial charge on any atom is -0.353 e. The first-order valence-corrected chi connectivity index (χ1v) is 8.89. The van der Waals surface area contributed by atoms with Crippen LogP contribution in [-0.4, -0.2) is 35.0 Å². The summed E-state index contributed by atoms with van der Waals surface area (Å²) in [5.41, 5.74) is -0.926. The maximum atomic E-state index is 12.8. The van der Waals surface area contributed by atoms with Crippen molar-refractivity contribution in [2.75, 3.05) is 18.0 Å². The summed E-state index contributed by atoms with van der Waals surface area (Å²) in [7, 11) is 0. The zero-order chi connectivity index (χ0) is 17.9. The largest absolute Gasteiger partial charge is 0.433 e. The zero-order valence-electron chi connectivity index (χ0n) is 14.1. The van der Waals surface area contributed by atoms with Gasteiger partial charge in [-0.15, -0.1) is 0 Å². The average molecular weight is 356 g/mol. The Hall–Kier alpha value is -1.86. The Morgan fingerprint density at radius 3 is 2.44 bits per heavy atom. The minimum absolute atomic E-state index is 0.0801. The van der Waals surface area contributed by atoms with Crippen molar-refractivity contribution < 1.29 is 18.0 Å². The van der Waals surface area contributed by atoms with Crippen LogP contribution in [0.1, 0.15) is 50.6 Å². The standard InChI is InChI=1S/C17H23F3N4O/c18-17(19,20)14-6-9-21-16(23-14)24-10-7-13(8-11-24)22-15(25)12-4-2-1-3-5-12/h6,9,12-13H,1-5,7-8,10-11H2,(H,22,25). The molecule has 1 aromatic rings. The van der Waals surface area contributed by atoms with Gasteiger partial charge in [-0.05, 0) is 31.7 Å². The lowest BCUT2D eigenvalue weighted by atomic mass is 9.88. The van der Waals surface area contributed by atoms with E-state index >= 15 is 0 Å². The lowest BCUT2D eigenvalue weighted by Gasteiger charge is -2.33. The van der Waals surface area contributed by atoms with Crippen molar-refractivity contribution in [3.63, 3.8) is 0 Å². The van der Waals surface area contributed by atoms with Gasteiger partial charge in [-0.3, -0.25) is 4.79 Å². The molecule has 3 rings (SSSR count). The van der Waals surface area contributed by atoms with Crippen molar-refractivity contribution in [1.82, 2.24) is 15.3 Å². The highest BCUT2D eigenvalue weighted by Crippen LogP contribution is 2.29. The molecule has 1 saturated heterocycles. The van der Waals surface area contributed by atoms with E-state index in [1.54, 1.807) is 4.90 Å². The molecule has 138 valence electrons. The van der Waals surface area contributed by atoms with Crippen LogP contribution >= 0.6 is 0 Å². The zero-order valence-corrected chi connectivity index (χ0v) is 14.1. The van der Waals surface area contributed by atoms with E-state index in [-0.39, 0.29) is 23.8 Å². The number of aromatic nitrogens is 2. The van der Waals surface area contributed by atoms with Crippen LogP contribution in [0.5, 0.6) is 0 Å². The fourth-order valence-corrected chi connectivity index (χ4v) is 3.57. The Kier molecular flexibility index (Phi) is 5.44. The van der Waals surface area contributed by atoms with E-state index in [1.165, 1.54) is 6.42 Å². The van der Waals surface area contributed by atoms with Crippen molar-refractivity contribution >= 4 is 11.9 Å². The van der Waals surface area contributed by atoms with Crippen LogP contribution in [0, 0.1) is 5.92 Å². The van der Waals surface area contributed by atoms with Gasteiger partial charge in [-0.25, -0.2) is 9.97 Å². The highest BCUT2D eigenvalue weighted by Gasteiger charge is 2.34. The number of piperidine rings is 1. The number of amides is 1. The lowest BCUT2D eigenvalue weighted by Crippen LogP contribution is -2.47. The molecule has 2 fully saturated rings. The van der Waals surface area contributed by atoms with Gasteiger partial charge < -0.3 is 10.2 Å². The molecule has 0 bridgehead atoms. The van der Waals surface area contributed by atoms with E-state index in [0.717, 1.165) is 37.9 Å². The number of hydrogen-bond donors (Lipinski definition) is 1. The predicted octanol–water partition coefficient (Wildman–Crippen LogP) is 3.16. The fraction of sp³-hybridized carbons (Fsp3) is 0.706. The molecule has 1 aliphatic heterocycles. The number of carbonyl (C=O) groups excluding carboxylic acids is 1. The average Bonchev–Trinajstić information content (AvgIpc) is 2.62. The maximum absolute atomic E-state index is 12.8. The molecule has 8 heteroatoms. The number of nitrogens with one attached hydrogen (secondary N) is 1. The number of hydrogen-bond acceptors (Lipinski definition) is 4. The lowest BCUT2D eigenvalue weighted by molar-refractivity contribution is -0.141. The molecule has 25 heavy (non-hydrogen) atoms. The van der Waals surface area contributed by atoms with Gasteiger partial charge in [0.05, 0.1) is 0 Å². The van der Waals surface area contributed by atoms with Gasteiger partial charge in [-0.1, -0.05) is 19.3 Å². The summed E-state index contributed by atoms with van der Waals surface area (Å²) in [5.74, 6) is 0.360. The van der Waals surface area contributed by atoms with Crippen LogP contribution in [0.3, 0.4) is 0 Å². The van der Waals surface area contributed by atoms with Gasteiger partial charge in [0.2, 0.25) is 11.9 Å². The molecule has 2 heterocycles. The molecule has 1 N–H and O–H groups in total. The summed E-state index contributed by atoms with van der Waals surface area (Å²) in [6.07, 6.45) is 3.42. The second-order valence-electron chi connectivity index (χ2n) is 6.84. The van der Waals surface area contributed by atoms with Gasteiger partial charge in [-0.2, -0.15) is 13.2 Å². The second kappa shape index (κ2) is 7.58. The number of anilines is 1. The van der Waals surface area contributed by atoms with E-state index in [9.17, 15) is 18.0 Å². The third kappa shape index (κ3) is 4.61. The molecule has 1 aromatic heterocycles. The van der Waals surface area contributed by atoms with Gasteiger partial charge in [0, 0.05) is 31.2 Å². The van der Waals surface area contributed by atoms with Gasteiger partial charge in [0.25, 0.3) is 0 Å². The number of alkyl halides is 3. The number of nitrogens with zero attached hydrogens (tertiary/aromatic N) is 3. The van der Waals surface area contributed by atoms with E-state index in [4.69, 9.17) is 0 Å². The summed E-state index contributed by atoms with van der Waals surface area (Å²) in [6.45, 7) is 1.08. The fourth-order valence-electron chi connectivity index (χ4n) is 3.57. The molecule has 5 nitrogen and oxygen atoms in total. The Labute approximate surface area is 145 Å². The molecule has 0 aromatic carbocycles.